The average Bonchev–Trinajstić information content (AvgIpc) is 2.38. The van der Waals surface area contributed by atoms with Gasteiger partial charge < -0.3 is 5.73 Å². The molecule has 8 heteroatoms. The van der Waals surface area contributed by atoms with Gasteiger partial charge in [-0.2, -0.15) is 4.31 Å². The summed E-state index contributed by atoms with van der Waals surface area (Å²) < 4.78 is 40.8. The van der Waals surface area contributed by atoms with Crippen molar-refractivity contribution in [3.8, 4) is 0 Å². The highest BCUT2D eigenvalue weighted by Crippen LogP contribution is 2.28. The molecule has 2 rings (SSSR count). The fourth-order valence-corrected chi connectivity index (χ4v) is 4.65. The normalized spacial score (nSPS) is 20.8. The smallest absolute Gasteiger partial charge is 0.246 e. The first kappa shape index (κ1) is 15.8. The van der Waals surface area contributed by atoms with Crippen LogP contribution in [0, 0.1) is 5.82 Å². The topological polar surface area (TPSA) is 63.4 Å². The van der Waals surface area contributed by atoms with Gasteiger partial charge in [-0.15, -0.1) is 0 Å². The van der Waals surface area contributed by atoms with E-state index >= 15 is 0 Å². The molecule has 0 aromatic heterocycles. The van der Waals surface area contributed by atoms with Crippen LogP contribution in [0.4, 0.5) is 4.39 Å². The van der Waals surface area contributed by atoms with Gasteiger partial charge in [-0.3, -0.25) is 0 Å². The molecule has 0 amide bonds. The number of nitrogens with zero attached hydrogens (tertiary/aromatic N) is 1. The Morgan fingerprint density at radius 1 is 1.45 bits per heavy atom. The number of hydrogen-bond acceptors (Lipinski definition) is 3. The highest BCUT2D eigenvalue weighted by Gasteiger charge is 2.36. The number of hydrogen-bond donors (Lipinski definition) is 1. The van der Waals surface area contributed by atoms with E-state index in [1.165, 1.54) is 16.4 Å². The van der Waals surface area contributed by atoms with Gasteiger partial charge in [-0.1, -0.05) is 34.6 Å². The molecule has 0 bridgehead atoms. The Hall–Kier alpha value is -0.570. The third kappa shape index (κ3) is 3.03. The third-order valence-corrected chi connectivity index (χ3v) is 5.97. The molecule has 1 aliphatic heterocycles. The van der Waals surface area contributed by atoms with E-state index in [1.807, 2.05) is 0 Å². The van der Waals surface area contributed by atoms with E-state index in [9.17, 15) is 12.8 Å². The number of benzene rings is 1. The minimum Gasteiger partial charge on any atom is -0.392 e. The molecule has 1 fully saturated rings. The molecule has 4 nitrogen and oxygen atoms in total. The summed E-state index contributed by atoms with van der Waals surface area (Å²) in [7, 11) is -3.93. The van der Waals surface area contributed by atoms with Crippen molar-refractivity contribution in [3.63, 3.8) is 0 Å². The van der Waals surface area contributed by atoms with Crippen LogP contribution in [0.25, 0.3) is 0 Å². The van der Waals surface area contributed by atoms with E-state index in [0.717, 1.165) is 18.9 Å². The SMILES string of the molecule is NC(=S)C1CCCCN1S(=O)(=O)c1ccc(Br)cc1F. The second kappa shape index (κ2) is 6.05. The second-order valence-electron chi connectivity index (χ2n) is 4.60. The molecular weight excluding hydrogens is 367 g/mol. The number of thiocarbonyl (C=S) groups is 1. The van der Waals surface area contributed by atoms with Crippen molar-refractivity contribution >= 4 is 43.2 Å². The Bertz CT molecular complexity index is 636. The molecule has 0 radical (unpaired) electrons. The van der Waals surface area contributed by atoms with Crippen LogP contribution >= 0.6 is 28.1 Å². The molecule has 20 heavy (non-hydrogen) atoms. The maximum absolute atomic E-state index is 13.9. The predicted octanol–water partition coefficient (Wildman–Crippen LogP) is 2.42. The number of rotatable bonds is 3. The summed E-state index contributed by atoms with van der Waals surface area (Å²) in [6, 6.07) is 3.34. The number of sulfonamides is 1. The number of piperidine rings is 1. The minimum absolute atomic E-state index is 0.130. The Kier molecular flexibility index (Phi) is 4.78. The lowest BCUT2D eigenvalue weighted by Gasteiger charge is -2.33. The molecule has 1 aromatic carbocycles. The van der Waals surface area contributed by atoms with Crippen molar-refractivity contribution < 1.29 is 12.8 Å². The second-order valence-corrected chi connectivity index (χ2v) is 7.85. The maximum Gasteiger partial charge on any atom is 0.246 e. The van der Waals surface area contributed by atoms with Crippen molar-refractivity contribution in [1.82, 2.24) is 4.31 Å². The molecule has 2 N–H and O–H groups in total. The molecule has 1 aromatic rings. The Labute approximate surface area is 131 Å². The molecule has 0 aliphatic carbocycles. The molecule has 0 saturated carbocycles. The van der Waals surface area contributed by atoms with Crippen LogP contribution in [0.1, 0.15) is 19.3 Å². The molecule has 1 saturated heterocycles. The Morgan fingerprint density at radius 2 is 2.15 bits per heavy atom. The van der Waals surface area contributed by atoms with Gasteiger partial charge in [-0.25, -0.2) is 12.8 Å². The Morgan fingerprint density at radius 3 is 2.75 bits per heavy atom. The highest BCUT2D eigenvalue weighted by molar-refractivity contribution is 9.10. The van der Waals surface area contributed by atoms with Crippen molar-refractivity contribution in [2.24, 2.45) is 5.73 Å². The quantitative estimate of drug-likeness (QED) is 0.817. The third-order valence-electron chi connectivity index (χ3n) is 3.26. The van der Waals surface area contributed by atoms with Crippen LogP contribution in [0.5, 0.6) is 0 Å². The van der Waals surface area contributed by atoms with Gasteiger partial charge in [0.15, 0.2) is 0 Å². The van der Waals surface area contributed by atoms with Gasteiger partial charge in [0.05, 0.1) is 11.0 Å². The van der Waals surface area contributed by atoms with Gasteiger partial charge in [0.25, 0.3) is 0 Å². The lowest BCUT2D eigenvalue weighted by Crippen LogP contribution is -2.49. The predicted molar refractivity (Wildman–Crippen MR) is 82.4 cm³/mol. The molecular formula is C12H14BrFN2O2S2. The molecule has 1 unspecified atom stereocenters. The first-order valence-corrected chi connectivity index (χ1v) is 8.74. The first-order valence-electron chi connectivity index (χ1n) is 6.10. The van der Waals surface area contributed by atoms with Gasteiger partial charge in [0.1, 0.15) is 10.7 Å². The van der Waals surface area contributed by atoms with Gasteiger partial charge in [0, 0.05) is 11.0 Å². The number of nitrogens with two attached hydrogens (primary N) is 1. The Balaban J connectivity index is 2.45. The summed E-state index contributed by atoms with van der Waals surface area (Å²) >= 11 is 8.04. The maximum atomic E-state index is 13.9. The van der Waals surface area contributed by atoms with Gasteiger partial charge in [-0.05, 0) is 31.0 Å². The zero-order valence-corrected chi connectivity index (χ0v) is 13.8. The standard InChI is InChI=1S/C12H14BrFN2O2S2/c13-8-4-5-11(9(14)7-8)20(17,18)16-6-2-1-3-10(16)12(15)19/h4-5,7,10H,1-3,6H2,(H2,15,19). The van der Waals surface area contributed by atoms with Crippen LogP contribution in [0.3, 0.4) is 0 Å². The summed E-state index contributed by atoms with van der Waals surface area (Å²) in [6.45, 7) is 0.305. The zero-order valence-electron chi connectivity index (χ0n) is 10.6. The van der Waals surface area contributed by atoms with Gasteiger partial charge in [0.2, 0.25) is 10.0 Å². The molecule has 1 atom stereocenters. The van der Waals surface area contributed by atoms with E-state index in [1.54, 1.807) is 0 Å². The van der Waals surface area contributed by atoms with Crippen LogP contribution in [-0.2, 0) is 10.0 Å². The zero-order chi connectivity index (χ0) is 14.9. The summed E-state index contributed by atoms with van der Waals surface area (Å²) in [5.41, 5.74) is 5.62. The summed E-state index contributed by atoms with van der Waals surface area (Å²) in [5, 5.41) is 0. The van der Waals surface area contributed by atoms with Crippen molar-refractivity contribution in [2.75, 3.05) is 6.54 Å². The lowest BCUT2D eigenvalue weighted by molar-refractivity contribution is 0.305. The summed E-state index contributed by atoms with van der Waals surface area (Å²) in [4.78, 5) is -0.213. The van der Waals surface area contributed by atoms with Crippen molar-refractivity contribution in [1.29, 1.82) is 0 Å². The first-order chi connectivity index (χ1) is 9.34. The van der Waals surface area contributed by atoms with E-state index in [-0.39, 0.29) is 9.88 Å². The van der Waals surface area contributed by atoms with Crippen LogP contribution in [0.15, 0.2) is 27.6 Å². The van der Waals surface area contributed by atoms with E-state index < -0.39 is 21.9 Å². The van der Waals surface area contributed by atoms with Crippen LogP contribution in [-0.4, -0.2) is 30.3 Å². The van der Waals surface area contributed by atoms with Crippen molar-refractivity contribution in [3.05, 3.63) is 28.5 Å². The largest absolute Gasteiger partial charge is 0.392 e. The highest BCUT2D eigenvalue weighted by atomic mass is 79.9. The van der Waals surface area contributed by atoms with E-state index in [4.69, 9.17) is 18.0 Å². The fraction of sp³-hybridized carbons (Fsp3) is 0.417. The van der Waals surface area contributed by atoms with E-state index in [0.29, 0.717) is 17.4 Å². The van der Waals surface area contributed by atoms with Crippen molar-refractivity contribution in [2.45, 2.75) is 30.2 Å². The molecule has 1 aliphatic rings. The number of halogens is 2. The monoisotopic (exact) mass is 380 g/mol. The van der Waals surface area contributed by atoms with Crippen LogP contribution < -0.4 is 5.73 Å². The van der Waals surface area contributed by atoms with Crippen LogP contribution in [0.2, 0.25) is 0 Å². The minimum atomic E-state index is -3.93. The fourth-order valence-electron chi connectivity index (χ4n) is 2.29. The molecule has 110 valence electrons. The summed E-state index contributed by atoms with van der Waals surface area (Å²) in [6.07, 6.45) is 2.15. The summed E-state index contributed by atoms with van der Waals surface area (Å²) in [5.74, 6) is -0.786. The lowest BCUT2D eigenvalue weighted by atomic mass is 10.1. The van der Waals surface area contributed by atoms with E-state index in [2.05, 4.69) is 15.9 Å². The average molecular weight is 381 g/mol. The van der Waals surface area contributed by atoms with Gasteiger partial charge >= 0.3 is 0 Å². The molecule has 1 heterocycles. The molecule has 0 spiro atoms.